The average Bonchev–Trinajstić information content (AvgIpc) is 2.29. The Morgan fingerprint density at radius 2 is 2.16 bits per heavy atom. The highest BCUT2D eigenvalue weighted by molar-refractivity contribution is 9.10. The lowest BCUT2D eigenvalue weighted by atomic mass is 10.3. The molecule has 0 heterocycles. The molecule has 1 rings (SSSR count). The Balaban J connectivity index is 2.76. The first kappa shape index (κ1) is 15.4. The van der Waals surface area contributed by atoms with Crippen molar-refractivity contribution in [1.82, 2.24) is 0 Å². The van der Waals surface area contributed by atoms with Gasteiger partial charge in [-0.05, 0) is 18.2 Å². The lowest BCUT2D eigenvalue weighted by Crippen LogP contribution is -2.19. The van der Waals surface area contributed by atoms with Gasteiger partial charge in [0.25, 0.3) is 0 Å². The Morgan fingerprint density at radius 1 is 1.47 bits per heavy atom. The standard InChI is InChI=1S/C10H11BrF3N3O2/c11-6-1-2-7(16-4-3-9(15)17-18)8(5-6)19-10(12,13)14/h1-2,5,16,18H,3-4H2,(H2,15,17). The second kappa shape index (κ2) is 6.50. The number of hydrogen-bond acceptors (Lipinski definition) is 4. The van der Waals surface area contributed by atoms with E-state index in [1.165, 1.54) is 12.1 Å². The van der Waals surface area contributed by atoms with Crippen LogP contribution in [0.5, 0.6) is 5.75 Å². The molecule has 0 saturated carbocycles. The fraction of sp³-hybridized carbons (Fsp3) is 0.300. The summed E-state index contributed by atoms with van der Waals surface area (Å²) in [4.78, 5) is 0. The van der Waals surface area contributed by atoms with E-state index in [0.29, 0.717) is 4.47 Å². The van der Waals surface area contributed by atoms with Gasteiger partial charge in [-0.25, -0.2) is 0 Å². The molecule has 5 nitrogen and oxygen atoms in total. The first-order valence-corrected chi connectivity index (χ1v) is 5.86. The van der Waals surface area contributed by atoms with E-state index < -0.39 is 6.36 Å². The van der Waals surface area contributed by atoms with Gasteiger partial charge < -0.3 is 21.0 Å². The number of alkyl halides is 3. The summed E-state index contributed by atoms with van der Waals surface area (Å²) in [5, 5.41) is 13.8. The Hall–Kier alpha value is -1.64. The van der Waals surface area contributed by atoms with E-state index in [1.807, 2.05) is 0 Å². The zero-order valence-electron chi connectivity index (χ0n) is 9.54. The number of nitrogens with zero attached hydrogens (tertiary/aromatic N) is 1. The molecule has 1 aromatic rings. The SMILES string of the molecule is N/C(CCNc1ccc(Br)cc1OC(F)(F)F)=N/O. The summed E-state index contributed by atoms with van der Waals surface area (Å²) in [5.74, 6) is -0.385. The van der Waals surface area contributed by atoms with Gasteiger partial charge in [-0.1, -0.05) is 21.1 Å². The summed E-state index contributed by atoms with van der Waals surface area (Å²) in [5.41, 5.74) is 5.40. The van der Waals surface area contributed by atoms with E-state index in [1.54, 1.807) is 6.07 Å². The topological polar surface area (TPSA) is 79.9 Å². The minimum atomic E-state index is -4.77. The summed E-state index contributed by atoms with van der Waals surface area (Å²) in [6.07, 6.45) is -4.60. The van der Waals surface area contributed by atoms with Crippen LogP contribution in [-0.2, 0) is 0 Å². The molecule has 1 aromatic carbocycles. The molecule has 0 unspecified atom stereocenters. The average molecular weight is 342 g/mol. The minimum absolute atomic E-state index is 0.0251. The summed E-state index contributed by atoms with van der Waals surface area (Å²) < 4.78 is 41.0. The fourth-order valence-electron chi connectivity index (χ4n) is 1.23. The highest BCUT2D eigenvalue weighted by atomic mass is 79.9. The van der Waals surface area contributed by atoms with Crippen molar-refractivity contribution >= 4 is 27.5 Å². The predicted molar refractivity (Wildman–Crippen MR) is 67.3 cm³/mol. The van der Waals surface area contributed by atoms with E-state index in [-0.39, 0.29) is 30.2 Å². The molecule has 4 N–H and O–H groups in total. The third kappa shape index (κ3) is 5.69. The van der Waals surface area contributed by atoms with E-state index in [9.17, 15) is 13.2 Å². The second-order valence-corrected chi connectivity index (χ2v) is 4.37. The first-order chi connectivity index (χ1) is 8.81. The molecule has 0 fully saturated rings. The maximum atomic E-state index is 12.2. The van der Waals surface area contributed by atoms with Crippen LogP contribution in [0, 0.1) is 0 Å². The summed E-state index contributed by atoms with van der Waals surface area (Å²) in [6.45, 7) is 0.200. The van der Waals surface area contributed by atoms with Crippen LogP contribution < -0.4 is 15.8 Å². The Morgan fingerprint density at radius 3 is 2.74 bits per heavy atom. The van der Waals surface area contributed by atoms with E-state index >= 15 is 0 Å². The van der Waals surface area contributed by atoms with Crippen LogP contribution >= 0.6 is 15.9 Å². The molecule has 0 aromatic heterocycles. The number of hydrogen-bond donors (Lipinski definition) is 3. The normalized spacial score (nSPS) is 12.3. The van der Waals surface area contributed by atoms with Gasteiger partial charge in [0.05, 0.1) is 5.69 Å². The van der Waals surface area contributed by atoms with Crippen molar-refractivity contribution in [3.05, 3.63) is 22.7 Å². The third-order valence-corrected chi connectivity index (χ3v) is 2.49. The molecule has 0 aliphatic rings. The summed E-state index contributed by atoms with van der Waals surface area (Å²) in [7, 11) is 0. The minimum Gasteiger partial charge on any atom is -0.409 e. The van der Waals surface area contributed by atoms with Crippen LogP contribution in [0.2, 0.25) is 0 Å². The van der Waals surface area contributed by atoms with Crippen molar-refractivity contribution in [1.29, 1.82) is 0 Å². The van der Waals surface area contributed by atoms with Crippen LogP contribution in [-0.4, -0.2) is 23.9 Å². The Labute approximate surface area is 115 Å². The van der Waals surface area contributed by atoms with Gasteiger partial charge in [-0.3, -0.25) is 0 Å². The molecule has 0 aliphatic heterocycles. The van der Waals surface area contributed by atoms with Crippen molar-refractivity contribution in [3.63, 3.8) is 0 Å². The van der Waals surface area contributed by atoms with Gasteiger partial charge in [-0.2, -0.15) is 0 Å². The first-order valence-electron chi connectivity index (χ1n) is 5.07. The Bertz CT molecular complexity index is 466. The van der Waals surface area contributed by atoms with Crippen molar-refractivity contribution in [2.75, 3.05) is 11.9 Å². The third-order valence-electron chi connectivity index (χ3n) is 1.99. The lowest BCUT2D eigenvalue weighted by Gasteiger charge is -2.14. The van der Waals surface area contributed by atoms with Gasteiger partial charge in [0.1, 0.15) is 5.84 Å². The number of amidine groups is 1. The van der Waals surface area contributed by atoms with E-state index in [4.69, 9.17) is 10.9 Å². The number of oxime groups is 1. The van der Waals surface area contributed by atoms with Crippen molar-refractivity contribution in [2.45, 2.75) is 12.8 Å². The zero-order valence-corrected chi connectivity index (χ0v) is 11.1. The largest absolute Gasteiger partial charge is 0.573 e. The lowest BCUT2D eigenvalue weighted by molar-refractivity contribution is -0.274. The summed E-state index contributed by atoms with van der Waals surface area (Å²) >= 11 is 3.06. The number of benzene rings is 1. The molecule has 0 aliphatic carbocycles. The van der Waals surface area contributed by atoms with Crippen LogP contribution in [0.1, 0.15) is 6.42 Å². The molecule has 0 spiro atoms. The molecule has 106 valence electrons. The number of nitrogens with one attached hydrogen (secondary N) is 1. The molecule has 0 atom stereocenters. The highest BCUT2D eigenvalue weighted by Gasteiger charge is 2.32. The molecule has 19 heavy (non-hydrogen) atoms. The van der Waals surface area contributed by atoms with Gasteiger partial charge >= 0.3 is 6.36 Å². The smallest absolute Gasteiger partial charge is 0.409 e. The predicted octanol–water partition coefficient (Wildman–Crippen LogP) is 2.90. The maximum Gasteiger partial charge on any atom is 0.573 e. The van der Waals surface area contributed by atoms with E-state index in [0.717, 1.165) is 0 Å². The number of nitrogens with two attached hydrogens (primary N) is 1. The van der Waals surface area contributed by atoms with Crippen LogP contribution in [0.4, 0.5) is 18.9 Å². The Kier molecular flexibility index (Phi) is 5.28. The molecule has 0 radical (unpaired) electrons. The second-order valence-electron chi connectivity index (χ2n) is 3.46. The van der Waals surface area contributed by atoms with Gasteiger partial charge in [0.15, 0.2) is 5.75 Å². The molecule has 9 heteroatoms. The molecule has 0 amide bonds. The molecule has 0 bridgehead atoms. The quantitative estimate of drug-likeness (QED) is 0.333. The van der Waals surface area contributed by atoms with Crippen molar-refractivity contribution in [3.8, 4) is 5.75 Å². The van der Waals surface area contributed by atoms with Crippen LogP contribution in [0.15, 0.2) is 27.8 Å². The highest BCUT2D eigenvalue weighted by Crippen LogP contribution is 2.32. The monoisotopic (exact) mass is 341 g/mol. The maximum absolute atomic E-state index is 12.2. The number of rotatable bonds is 5. The van der Waals surface area contributed by atoms with Crippen molar-refractivity contribution in [2.24, 2.45) is 10.9 Å². The van der Waals surface area contributed by atoms with Gasteiger partial charge in [0, 0.05) is 17.4 Å². The van der Waals surface area contributed by atoms with Crippen LogP contribution in [0.25, 0.3) is 0 Å². The fourth-order valence-corrected chi connectivity index (χ4v) is 1.57. The number of halogens is 4. The zero-order chi connectivity index (χ0) is 14.5. The molecular formula is C10H11BrF3N3O2. The van der Waals surface area contributed by atoms with Gasteiger partial charge in [0.2, 0.25) is 0 Å². The molecular weight excluding hydrogens is 331 g/mol. The summed E-state index contributed by atoms with van der Waals surface area (Å²) in [6, 6.07) is 4.19. The van der Waals surface area contributed by atoms with Gasteiger partial charge in [-0.15, -0.1) is 13.2 Å². The van der Waals surface area contributed by atoms with E-state index in [2.05, 4.69) is 31.1 Å². The van der Waals surface area contributed by atoms with Crippen LogP contribution in [0.3, 0.4) is 0 Å². The number of ether oxygens (including phenoxy) is 1. The molecule has 0 saturated heterocycles. The van der Waals surface area contributed by atoms with Crippen molar-refractivity contribution < 1.29 is 23.1 Å². The number of anilines is 1.